The van der Waals surface area contributed by atoms with E-state index in [1.165, 1.54) is 0 Å². The number of alkyl halides is 2. The largest absolute Gasteiger partial charge is 0.454 e. The minimum atomic E-state index is -2.36. The second kappa shape index (κ2) is 3.69. The van der Waals surface area contributed by atoms with Crippen LogP contribution >= 0.6 is 0 Å². The summed E-state index contributed by atoms with van der Waals surface area (Å²) in [5.41, 5.74) is 0.606. The van der Waals surface area contributed by atoms with E-state index in [0.29, 0.717) is 17.2 Å². The van der Waals surface area contributed by atoms with E-state index >= 15 is 0 Å². The van der Waals surface area contributed by atoms with Crippen molar-refractivity contribution in [2.24, 2.45) is 0 Å². The molecule has 0 fully saturated rings. The number of benzene rings is 1. The molecule has 1 aromatic rings. The van der Waals surface area contributed by atoms with Crippen LogP contribution in [0.15, 0.2) is 18.2 Å². The van der Waals surface area contributed by atoms with Gasteiger partial charge in [-0.05, 0) is 12.1 Å². The van der Waals surface area contributed by atoms with Crippen LogP contribution in [0.3, 0.4) is 0 Å². The Hall–Kier alpha value is -1.52. The van der Waals surface area contributed by atoms with Crippen LogP contribution in [0.2, 0.25) is 0 Å². The first kappa shape index (κ1) is 9.05. The topological polar surface area (TPSA) is 30.5 Å². The fourth-order valence-corrected chi connectivity index (χ4v) is 1.20. The van der Waals surface area contributed by atoms with Crippen molar-refractivity contribution in [3.05, 3.63) is 18.2 Å². The minimum Gasteiger partial charge on any atom is -0.454 e. The maximum Gasteiger partial charge on any atom is 0.255 e. The monoisotopic (exact) mass is 201 g/mol. The van der Waals surface area contributed by atoms with Crippen molar-refractivity contribution in [3.8, 4) is 11.5 Å². The number of hydrogen-bond donors (Lipinski definition) is 1. The first-order chi connectivity index (χ1) is 6.75. The summed E-state index contributed by atoms with van der Waals surface area (Å²) in [6.45, 7) is -0.173. The van der Waals surface area contributed by atoms with E-state index < -0.39 is 6.43 Å². The van der Waals surface area contributed by atoms with E-state index in [9.17, 15) is 8.78 Å². The molecule has 0 radical (unpaired) electrons. The number of halogens is 2. The van der Waals surface area contributed by atoms with Gasteiger partial charge in [0.15, 0.2) is 11.5 Å². The molecule has 5 heteroatoms. The van der Waals surface area contributed by atoms with Crippen LogP contribution in [0.1, 0.15) is 0 Å². The van der Waals surface area contributed by atoms with Gasteiger partial charge in [0, 0.05) is 11.8 Å². The lowest BCUT2D eigenvalue weighted by Gasteiger charge is -2.05. The standard InChI is InChI=1S/C9H9F2NO2/c10-9(11)4-12-6-1-2-7-8(3-6)14-5-13-7/h1-3,9,12H,4-5H2. The minimum absolute atomic E-state index is 0.188. The Morgan fingerprint density at radius 3 is 2.86 bits per heavy atom. The van der Waals surface area contributed by atoms with Crippen molar-refractivity contribution in [2.75, 3.05) is 18.7 Å². The number of fused-ring (bicyclic) bond motifs is 1. The van der Waals surface area contributed by atoms with E-state index in [0.717, 1.165) is 0 Å². The zero-order chi connectivity index (χ0) is 9.97. The van der Waals surface area contributed by atoms with Crippen molar-refractivity contribution in [1.82, 2.24) is 0 Å². The van der Waals surface area contributed by atoms with E-state index in [4.69, 9.17) is 9.47 Å². The number of nitrogens with one attached hydrogen (secondary N) is 1. The van der Waals surface area contributed by atoms with Crippen molar-refractivity contribution in [1.29, 1.82) is 0 Å². The van der Waals surface area contributed by atoms with E-state index in [2.05, 4.69) is 5.32 Å². The molecule has 3 nitrogen and oxygen atoms in total. The van der Waals surface area contributed by atoms with Crippen LogP contribution in [0.4, 0.5) is 14.5 Å². The number of ether oxygens (including phenoxy) is 2. The second-order valence-corrected chi connectivity index (χ2v) is 2.84. The summed E-state index contributed by atoms with van der Waals surface area (Å²) >= 11 is 0. The molecule has 0 aliphatic carbocycles. The van der Waals surface area contributed by atoms with Gasteiger partial charge in [0.1, 0.15) is 0 Å². The highest BCUT2D eigenvalue weighted by Crippen LogP contribution is 2.34. The van der Waals surface area contributed by atoms with Gasteiger partial charge in [-0.3, -0.25) is 0 Å². The third-order valence-corrected chi connectivity index (χ3v) is 1.83. The summed E-state index contributed by atoms with van der Waals surface area (Å²) in [5.74, 6) is 1.23. The fourth-order valence-electron chi connectivity index (χ4n) is 1.20. The molecule has 1 aliphatic heterocycles. The van der Waals surface area contributed by atoms with Crippen LogP contribution in [-0.2, 0) is 0 Å². The molecule has 0 bridgehead atoms. The highest BCUT2D eigenvalue weighted by atomic mass is 19.3. The Morgan fingerprint density at radius 1 is 1.29 bits per heavy atom. The average Bonchev–Trinajstić information content (AvgIpc) is 2.61. The normalized spacial score (nSPS) is 13.4. The Morgan fingerprint density at radius 2 is 2.07 bits per heavy atom. The lowest BCUT2D eigenvalue weighted by atomic mass is 10.3. The second-order valence-electron chi connectivity index (χ2n) is 2.84. The van der Waals surface area contributed by atoms with Crippen molar-refractivity contribution in [3.63, 3.8) is 0 Å². The Labute approximate surface area is 79.6 Å². The van der Waals surface area contributed by atoms with Crippen LogP contribution in [-0.4, -0.2) is 19.8 Å². The Bertz CT molecular complexity index is 331. The quantitative estimate of drug-likeness (QED) is 0.812. The summed E-state index contributed by atoms with van der Waals surface area (Å²) in [6.07, 6.45) is -2.36. The average molecular weight is 201 g/mol. The molecule has 2 rings (SSSR count). The molecule has 0 atom stereocenters. The SMILES string of the molecule is FC(F)CNc1ccc2c(c1)OCO2. The summed E-state index contributed by atoms with van der Waals surface area (Å²) < 4.78 is 33.9. The van der Waals surface area contributed by atoms with Gasteiger partial charge in [0.25, 0.3) is 6.43 Å². The molecule has 1 aliphatic rings. The highest BCUT2D eigenvalue weighted by molar-refractivity contribution is 5.55. The molecular formula is C9H9F2NO2. The maximum absolute atomic E-state index is 11.9. The van der Waals surface area contributed by atoms with Gasteiger partial charge in [-0.25, -0.2) is 8.78 Å². The van der Waals surface area contributed by atoms with E-state index in [1.54, 1.807) is 18.2 Å². The third-order valence-electron chi connectivity index (χ3n) is 1.83. The summed E-state index contributed by atoms with van der Waals surface area (Å²) in [5, 5.41) is 2.59. The van der Waals surface area contributed by atoms with Gasteiger partial charge in [0.05, 0.1) is 6.54 Å². The number of hydrogen-bond acceptors (Lipinski definition) is 3. The predicted molar refractivity (Wildman–Crippen MR) is 47.1 cm³/mol. The Balaban J connectivity index is 2.05. The molecule has 0 saturated carbocycles. The van der Waals surface area contributed by atoms with Crippen LogP contribution in [0, 0.1) is 0 Å². The zero-order valence-electron chi connectivity index (χ0n) is 7.30. The molecule has 1 aromatic carbocycles. The van der Waals surface area contributed by atoms with Crippen molar-refractivity contribution >= 4 is 5.69 Å². The molecule has 14 heavy (non-hydrogen) atoms. The number of anilines is 1. The molecule has 0 spiro atoms. The predicted octanol–water partition coefficient (Wildman–Crippen LogP) is 2.09. The van der Waals surface area contributed by atoms with Crippen LogP contribution in [0.25, 0.3) is 0 Å². The molecule has 1 heterocycles. The van der Waals surface area contributed by atoms with Gasteiger partial charge in [-0.2, -0.15) is 0 Å². The molecule has 0 unspecified atom stereocenters. The van der Waals surface area contributed by atoms with E-state index in [1.807, 2.05) is 0 Å². The molecule has 0 amide bonds. The van der Waals surface area contributed by atoms with E-state index in [-0.39, 0.29) is 13.3 Å². The van der Waals surface area contributed by atoms with Crippen LogP contribution in [0.5, 0.6) is 11.5 Å². The van der Waals surface area contributed by atoms with Gasteiger partial charge in [0.2, 0.25) is 6.79 Å². The molecule has 0 saturated heterocycles. The smallest absolute Gasteiger partial charge is 0.255 e. The van der Waals surface area contributed by atoms with Gasteiger partial charge in [-0.1, -0.05) is 0 Å². The van der Waals surface area contributed by atoms with Crippen molar-refractivity contribution in [2.45, 2.75) is 6.43 Å². The lowest BCUT2D eigenvalue weighted by Crippen LogP contribution is -2.09. The Kier molecular flexibility index (Phi) is 2.39. The summed E-state index contributed by atoms with van der Waals surface area (Å²) in [4.78, 5) is 0. The maximum atomic E-state index is 11.9. The molecule has 0 aromatic heterocycles. The zero-order valence-corrected chi connectivity index (χ0v) is 7.30. The van der Waals surface area contributed by atoms with Gasteiger partial charge in [-0.15, -0.1) is 0 Å². The van der Waals surface area contributed by atoms with Crippen LogP contribution < -0.4 is 14.8 Å². The lowest BCUT2D eigenvalue weighted by molar-refractivity contribution is 0.163. The van der Waals surface area contributed by atoms with Gasteiger partial charge < -0.3 is 14.8 Å². The summed E-state index contributed by atoms with van der Waals surface area (Å²) in [6, 6.07) is 5.01. The first-order valence-corrected chi connectivity index (χ1v) is 4.17. The molecule has 76 valence electrons. The van der Waals surface area contributed by atoms with Crippen molar-refractivity contribution < 1.29 is 18.3 Å². The highest BCUT2D eigenvalue weighted by Gasteiger charge is 2.13. The van der Waals surface area contributed by atoms with Gasteiger partial charge >= 0.3 is 0 Å². The molecular weight excluding hydrogens is 192 g/mol. The fraction of sp³-hybridized carbons (Fsp3) is 0.333. The molecule has 1 N–H and O–H groups in total. The first-order valence-electron chi connectivity index (χ1n) is 4.17. The third kappa shape index (κ3) is 1.86. The number of rotatable bonds is 3. The summed E-state index contributed by atoms with van der Waals surface area (Å²) in [7, 11) is 0.